The number of benzene rings is 2. The van der Waals surface area contributed by atoms with Gasteiger partial charge in [-0.2, -0.15) is 0 Å². The first-order chi connectivity index (χ1) is 11.0. The molecule has 0 heterocycles. The largest absolute Gasteiger partial charge is 0.496 e. The first-order valence-corrected chi connectivity index (χ1v) is 7.92. The maximum Gasteiger partial charge on any atom is 0.123 e. The second-order valence-electron chi connectivity index (χ2n) is 5.01. The molecule has 23 heavy (non-hydrogen) atoms. The Morgan fingerprint density at radius 1 is 0.870 bits per heavy atom. The predicted octanol–water partition coefficient (Wildman–Crippen LogP) is 5.99. The van der Waals surface area contributed by atoms with Crippen molar-refractivity contribution < 1.29 is 13.9 Å². The van der Waals surface area contributed by atoms with Crippen LogP contribution in [0.2, 0.25) is 0 Å². The summed E-state index contributed by atoms with van der Waals surface area (Å²) in [5.74, 6) is 2.02. The Kier molecular flexibility index (Phi) is 10.5. The fourth-order valence-corrected chi connectivity index (χ4v) is 1.99. The Balaban J connectivity index is 0.000000381. The third kappa shape index (κ3) is 7.18. The van der Waals surface area contributed by atoms with Gasteiger partial charge in [-0.1, -0.05) is 45.9 Å². The number of para-hydroxylation sites is 1. The van der Waals surface area contributed by atoms with Gasteiger partial charge >= 0.3 is 0 Å². The quantitative estimate of drug-likeness (QED) is 0.692. The van der Waals surface area contributed by atoms with Crippen LogP contribution in [0.5, 0.6) is 11.5 Å². The normalized spacial score (nSPS) is 9.26. The van der Waals surface area contributed by atoms with E-state index in [4.69, 9.17) is 9.47 Å². The number of methoxy groups -OCH3 is 2. The topological polar surface area (TPSA) is 18.5 Å². The number of halogens is 1. The lowest BCUT2D eigenvalue weighted by Crippen LogP contribution is -1.92. The summed E-state index contributed by atoms with van der Waals surface area (Å²) in [6.07, 6.45) is 0. The maximum absolute atomic E-state index is 12.4. The number of aryl methyl sites for hydroxylation is 1. The Labute approximate surface area is 140 Å². The van der Waals surface area contributed by atoms with E-state index in [1.54, 1.807) is 20.3 Å². The lowest BCUT2D eigenvalue weighted by molar-refractivity contribution is 0.407. The van der Waals surface area contributed by atoms with Gasteiger partial charge in [0.15, 0.2) is 0 Å². The molecule has 2 aromatic carbocycles. The van der Waals surface area contributed by atoms with Crippen LogP contribution in [0.1, 0.15) is 44.7 Å². The standard InChI is InChI=1S/C10H14O.C8H9FO.C2H6/c1-8(2)9-6-4-5-7-10(9)11-3;1-6-5-7(9)3-4-8(6)10-2;1-2/h4-8H,1-3H3;3-5H,1-2H3;1-2H3. The van der Waals surface area contributed by atoms with Gasteiger partial charge in [0.05, 0.1) is 14.2 Å². The van der Waals surface area contributed by atoms with E-state index >= 15 is 0 Å². The highest BCUT2D eigenvalue weighted by molar-refractivity contribution is 5.35. The molecule has 0 atom stereocenters. The summed E-state index contributed by atoms with van der Waals surface area (Å²) < 4.78 is 22.6. The van der Waals surface area contributed by atoms with Crippen molar-refractivity contribution in [2.45, 2.75) is 40.5 Å². The van der Waals surface area contributed by atoms with Gasteiger partial charge in [0.2, 0.25) is 0 Å². The molecule has 0 fully saturated rings. The van der Waals surface area contributed by atoms with Crippen LogP contribution >= 0.6 is 0 Å². The van der Waals surface area contributed by atoms with Crippen molar-refractivity contribution in [1.29, 1.82) is 0 Å². The SMILES string of the molecule is CC.COc1ccc(F)cc1C.COc1ccccc1C(C)C. The molecule has 0 radical (unpaired) electrons. The fourth-order valence-electron chi connectivity index (χ4n) is 1.99. The minimum Gasteiger partial charge on any atom is -0.496 e. The predicted molar refractivity (Wildman–Crippen MR) is 96.1 cm³/mol. The second kappa shape index (κ2) is 11.5. The van der Waals surface area contributed by atoms with Gasteiger partial charge in [-0.25, -0.2) is 4.39 Å². The molecule has 2 aromatic rings. The summed E-state index contributed by atoms with van der Waals surface area (Å²) in [6, 6.07) is 12.6. The van der Waals surface area contributed by atoms with Gasteiger partial charge in [-0.15, -0.1) is 0 Å². The van der Waals surface area contributed by atoms with Crippen LogP contribution in [-0.2, 0) is 0 Å². The third-order valence-electron chi connectivity index (χ3n) is 3.12. The first-order valence-electron chi connectivity index (χ1n) is 7.92. The van der Waals surface area contributed by atoms with Crippen LogP contribution in [0, 0.1) is 12.7 Å². The molecule has 2 rings (SSSR count). The Morgan fingerprint density at radius 2 is 1.43 bits per heavy atom. The van der Waals surface area contributed by atoms with Crippen molar-refractivity contribution >= 4 is 0 Å². The molecule has 2 nitrogen and oxygen atoms in total. The van der Waals surface area contributed by atoms with Gasteiger partial charge in [-0.05, 0) is 48.2 Å². The molecule has 0 aliphatic heterocycles. The van der Waals surface area contributed by atoms with Crippen LogP contribution in [0.3, 0.4) is 0 Å². The van der Waals surface area contributed by atoms with E-state index in [-0.39, 0.29) is 5.82 Å². The van der Waals surface area contributed by atoms with E-state index in [0.717, 1.165) is 17.1 Å². The zero-order valence-corrected chi connectivity index (χ0v) is 15.3. The molecule has 0 amide bonds. The first kappa shape index (κ1) is 21.0. The number of hydrogen-bond acceptors (Lipinski definition) is 2. The molecular formula is C20H29FO2. The van der Waals surface area contributed by atoms with Gasteiger partial charge in [0.1, 0.15) is 17.3 Å². The van der Waals surface area contributed by atoms with E-state index in [1.165, 1.54) is 17.7 Å². The highest BCUT2D eigenvalue weighted by atomic mass is 19.1. The molecule has 0 N–H and O–H groups in total. The summed E-state index contributed by atoms with van der Waals surface area (Å²) in [5, 5.41) is 0. The second-order valence-corrected chi connectivity index (χ2v) is 5.01. The zero-order chi connectivity index (χ0) is 17.8. The number of rotatable bonds is 3. The van der Waals surface area contributed by atoms with Crippen molar-refractivity contribution in [3.8, 4) is 11.5 Å². The van der Waals surface area contributed by atoms with Crippen molar-refractivity contribution in [1.82, 2.24) is 0 Å². The van der Waals surface area contributed by atoms with E-state index in [9.17, 15) is 4.39 Å². The molecule has 0 saturated carbocycles. The van der Waals surface area contributed by atoms with Crippen molar-refractivity contribution in [2.75, 3.05) is 14.2 Å². The number of ether oxygens (including phenoxy) is 2. The Hall–Kier alpha value is -2.03. The smallest absolute Gasteiger partial charge is 0.123 e. The van der Waals surface area contributed by atoms with Crippen LogP contribution in [0.4, 0.5) is 4.39 Å². The summed E-state index contributed by atoms with van der Waals surface area (Å²) in [5.41, 5.74) is 2.09. The van der Waals surface area contributed by atoms with Gasteiger partial charge in [0.25, 0.3) is 0 Å². The molecule has 0 unspecified atom stereocenters. The van der Waals surface area contributed by atoms with E-state index in [2.05, 4.69) is 19.9 Å². The molecule has 3 heteroatoms. The fraction of sp³-hybridized carbons (Fsp3) is 0.400. The Morgan fingerprint density at radius 3 is 1.87 bits per heavy atom. The molecule has 0 aliphatic carbocycles. The molecule has 0 aliphatic rings. The molecule has 128 valence electrons. The molecular weight excluding hydrogens is 291 g/mol. The van der Waals surface area contributed by atoms with Crippen LogP contribution in [0.15, 0.2) is 42.5 Å². The van der Waals surface area contributed by atoms with Crippen molar-refractivity contribution in [3.63, 3.8) is 0 Å². The summed E-state index contributed by atoms with van der Waals surface area (Å²) in [4.78, 5) is 0. The maximum atomic E-state index is 12.4. The third-order valence-corrected chi connectivity index (χ3v) is 3.12. The van der Waals surface area contributed by atoms with Crippen LogP contribution < -0.4 is 9.47 Å². The lowest BCUT2D eigenvalue weighted by atomic mass is 10.0. The summed E-state index contributed by atoms with van der Waals surface area (Å²) in [6.45, 7) is 10.1. The zero-order valence-electron chi connectivity index (χ0n) is 15.3. The minimum absolute atomic E-state index is 0.224. The molecule has 0 bridgehead atoms. The van der Waals surface area contributed by atoms with E-state index < -0.39 is 0 Å². The van der Waals surface area contributed by atoms with Gasteiger partial charge < -0.3 is 9.47 Å². The van der Waals surface area contributed by atoms with Gasteiger partial charge in [0, 0.05) is 0 Å². The highest BCUT2D eigenvalue weighted by Crippen LogP contribution is 2.24. The van der Waals surface area contributed by atoms with E-state index in [0.29, 0.717) is 5.92 Å². The van der Waals surface area contributed by atoms with Crippen LogP contribution in [0.25, 0.3) is 0 Å². The summed E-state index contributed by atoms with van der Waals surface area (Å²) >= 11 is 0. The summed E-state index contributed by atoms with van der Waals surface area (Å²) in [7, 11) is 3.28. The minimum atomic E-state index is -0.224. The lowest BCUT2D eigenvalue weighted by Gasteiger charge is -2.10. The average molecular weight is 320 g/mol. The van der Waals surface area contributed by atoms with E-state index in [1.807, 2.05) is 39.0 Å². The van der Waals surface area contributed by atoms with Crippen molar-refractivity contribution in [3.05, 3.63) is 59.4 Å². The van der Waals surface area contributed by atoms with Crippen molar-refractivity contribution in [2.24, 2.45) is 0 Å². The molecule has 0 aromatic heterocycles. The van der Waals surface area contributed by atoms with Crippen LogP contribution in [-0.4, -0.2) is 14.2 Å². The highest BCUT2D eigenvalue weighted by Gasteiger charge is 2.04. The average Bonchev–Trinajstić information content (AvgIpc) is 2.57. The number of hydrogen-bond donors (Lipinski definition) is 0. The van der Waals surface area contributed by atoms with Gasteiger partial charge in [-0.3, -0.25) is 0 Å². The molecule has 0 spiro atoms. The Bertz CT molecular complexity index is 565. The monoisotopic (exact) mass is 320 g/mol. The molecule has 0 saturated heterocycles.